The lowest BCUT2D eigenvalue weighted by molar-refractivity contribution is -0.116. The van der Waals surface area contributed by atoms with E-state index in [2.05, 4.69) is 5.32 Å². The number of nitrogens with one attached hydrogen (secondary N) is 1. The molecule has 1 fully saturated rings. The van der Waals surface area contributed by atoms with Crippen LogP contribution in [0, 0.1) is 6.92 Å². The Kier molecular flexibility index (Phi) is 5.14. The summed E-state index contributed by atoms with van der Waals surface area (Å²) in [5, 5.41) is 2.81. The van der Waals surface area contributed by atoms with Gasteiger partial charge in [0.05, 0.1) is 4.90 Å². The predicted molar refractivity (Wildman–Crippen MR) is 109 cm³/mol. The third-order valence-corrected chi connectivity index (χ3v) is 7.35. The first-order chi connectivity index (χ1) is 13.8. The minimum absolute atomic E-state index is 0.0116. The summed E-state index contributed by atoms with van der Waals surface area (Å²) in [7, 11) is -3.55. The van der Waals surface area contributed by atoms with Crippen LogP contribution in [0.4, 0.5) is 5.69 Å². The van der Waals surface area contributed by atoms with Gasteiger partial charge in [-0.1, -0.05) is 17.7 Å². The molecule has 2 heterocycles. The van der Waals surface area contributed by atoms with Crippen LogP contribution in [-0.2, 0) is 21.2 Å². The van der Waals surface area contributed by atoms with Gasteiger partial charge in [0.2, 0.25) is 15.9 Å². The summed E-state index contributed by atoms with van der Waals surface area (Å²) in [6.07, 6.45) is 1.03. The normalized spacial score (nSPS) is 17.6. The summed E-state index contributed by atoms with van der Waals surface area (Å²) in [5.74, 6) is -0.125. The smallest absolute Gasteiger partial charge is 0.253 e. The average Bonchev–Trinajstić information content (AvgIpc) is 2.73. The van der Waals surface area contributed by atoms with Crippen LogP contribution in [0.15, 0.2) is 47.4 Å². The van der Waals surface area contributed by atoms with Gasteiger partial charge in [0.15, 0.2) is 0 Å². The Morgan fingerprint density at radius 1 is 0.966 bits per heavy atom. The predicted octanol–water partition coefficient (Wildman–Crippen LogP) is 2.03. The molecule has 0 aromatic heterocycles. The van der Waals surface area contributed by atoms with Gasteiger partial charge in [0.25, 0.3) is 5.91 Å². The van der Waals surface area contributed by atoms with Crippen molar-refractivity contribution in [1.82, 2.24) is 9.21 Å². The third-order valence-electron chi connectivity index (χ3n) is 5.43. The van der Waals surface area contributed by atoms with E-state index >= 15 is 0 Å². The maximum Gasteiger partial charge on any atom is 0.253 e. The van der Waals surface area contributed by atoms with Crippen molar-refractivity contribution in [3.8, 4) is 0 Å². The Balaban J connectivity index is 1.44. The summed E-state index contributed by atoms with van der Waals surface area (Å²) in [5.41, 5.74) is 3.28. The number of anilines is 1. The monoisotopic (exact) mass is 413 g/mol. The number of amides is 2. The van der Waals surface area contributed by atoms with E-state index in [0.29, 0.717) is 31.5 Å². The largest absolute Gasteiger partial charge is 0.336 e. The van der Waals surface area contributed by atoms with Crippen LogP contribution in [0.3, 0.4) is 0 Å². The molecule has 2 amide bonds. The van der Waals surface area contributed by atoms with Gasteiger partial charge in [0.1, 0.15) is 0 Å². The molecule has 0 atom stereocenters. The molecule has 0 radical (unpaired) electrons. The van der Waals surface area contributed by atoms with Crippen LogP contribution >= 0.6 is 0 Å². The van der Waals surface area contributed by atoms with Crippen LogP contribution < -0.4 is 5.32 Å². The van der Waals surface area contributed by atoms with Crippen LogP contribution in [0.25, 0.3) is 0 Å². The molecule has 0 aliphatic carbocycles. The molecule has 29 heavy (non-hydrogen) atoms. The second-order valence-electron chi connectivity index (χ2n) is 7.43. The zero-order valence-corrected chi connectivity index (χ0v) is 17.0. The Bertz CT molecular complexity index is 1060. The number of nitrogens with zero attached hydrogens (tertiary/aromatic N) is 2. The van der Waals surface area contributed by atoms with Gasteiger partial charge in [-0.25, -0.2) is 8.42 Å². The lowest BCUT2D eigenvalue weighted by Crippen LogP contribution is -2.50. The summed E-state index contributed by atoms with van der Waals surface area (Å²) < 4.78 is 27.1. The number of sulfonamides is 1. The molecular formula is C21H23N3O4S. The van der Waals surface area contributed by atoms with E-state index in [9.17, 15) is 18.0 Å². The fourth-order valence-corrected chi connectivity index (χ4v) is 5.11. The molecule has 1 N–H and O–H groups in total. The van der Waals surface area contributed by atoms with Gasteiger partial charge in [0, 0.05) is 43.9 Å². The molecule has 0 spiro atoms. The Morgan fingerprint density at radius 3 is 2.34 bits per heavy atom. The van der Waals surface area contributed by atoms with Crippen molar-refractivity contribution in [1.29, 1.82) is 0 Å². The first-order valence-electron chi connectivity index (χ1n) is 9.63. The van der Waals surface area contributed by atoms with Crippen molar-refractivity contribution in [2.45, 2.75) is 24.7 Å². The van der Waals surface area contributed by atoms with E-state index in [1.165, 1.54) is 4.31 Å². The van der Waals surface area contributed by atoms with Gasteiger partial charge in [-0.15, -0.1) is 0 Å². The second kappa shape index (κ2) is 7.61. The van der Waals surface area contributed by atoms with Crippen LogP contribution in [0.1, 0.15) is 27.9 Å². The van der Waals surface area contributed by atoms with Crippen molar-refractivity contribution in [3.05, 3.63) is 59.2 Å². The lowest BCUT2D eigenvalue weighted by atomic mass is 10.00. The molecule has 0 bridgehead atoms. The van der Waals surface area contributed by atoms with E-state index in [1.54, 1.807) is 41.3 Å². The zero-order chi connectivity index (χ0) is 20.6. The van der Waals surface area contributed by atoms with Gasteiger partial charge in [-0.3, -0.25) is 9.59 Å². The number of hydrogen-bond donors (Lipinski definition) is 1. The number of rotatable bonds is 3. The Hall–Kier alpha value is -2.71. The topological polar surface area (TPSA) is 86.8 Å². The molecule has 7 nitrogen and oxygen atoms in total. The SMILES string of the molecule is Cc1ccc(S(=O)(=O)N2CCN(C(=O)c3ccc4c(c3)CCC(=O)N4)CC2)cc1. The average molecular weight is 413 g/mol. The van der Waals surface area contributed by atoms with Gasteiger partial charge in [-0.2, -0.15) is 4.31 Å². The minimum atomic E-state index is -3.55. The van der Waals surface area contributed by atoms with Crippen molar-refractivity contribution in [2.24, 2.45) is 0 Å². The third kappa shape index (κ3) is 3.90. The molecule has 4 rings (SSSR count). The molecule has 8 heteroatoms. The highest BCUT2D eigenvalue weighted by molar-refractivity contribution is 7.89. The molecule has 1 saturated heterocycles. The highest BCUT2D eigenvalue weighted by atomic mass is 32.2. The van der Waals surface area contributed by atoms with E-state index < -0.39 is 10.0 Å². The van der Waals surface area contributed by atoms with E-state index in [-0.39, 0.29) is 29.8 Å². The number of benzene rings is 2. The molecule has 2 aliphatic heterocycles. The van der Waals surface area contributed by atoms with Crippen LogP contribution in [-0.4, -0.2) is 55.6 Å². The van der Waals surface area contributed by atoms with E-state index in [1.807, 2.05) is 13.0 Å². The molecular weight excluding hydrogens is 390 g/mol. The van der Waals surface area contributed by atoms with Gasteiger partial charge >= 0.3 is 0 Å². The summed E-state index contributed by atoms with van der Waals surface area (Å²) in [4.78, 5) is 26.3. The maximum atomic E-state index is 12.9. The number of hydrogen-bond acceptors (Lipinski definition) is 4. The second-order valence-corrected chi connectivity index (χ2v) is 9.37. The highest BCUT2D eigenvalue weighted by Gasteiger charge is 2.30. The van der Waals surface area contributed by atoms with Crippen molar-refractivity contribution < 1.29 is 18.0 Å². The van der Waals surface area contributed by atoms with E-state index in [4.69, 9.17) is 0 Å². The maximum absolute atomic E-state index is 12.9. The molecule has 2 aliphatic rings. The summed E-state index contributed by atoms with van der Waals surface area (Å²) in [6, 6.07) is 12.1. The lowest BCUT2D eigenvalue weighted by Gasteiger charge is -2.34. The zero-order valence-electron chi connectivity index (χ0n) is 16.2. The van der Waals surface area contributed by atoms with Gasteiger partial charge in [-0.05, 0) is 49.2 Å². The fourth-order valence-electron chi connectivity index (χ4n) is 3.69. The summed E-state index contributed by atoms with van der Waals surface area (Å²) >= 11 is 0. The Labute approximate surface area is 170 Å². The van der Waals surface area contributed by atoms with Crippen LogP contribution in [0.2, 0.25) is 0 Å². The first kappa shape index (κ1) is 19.6. The van der Waals surface area contributed by atoms with E-state index in [0.717, 1.165) is 16.8 Å². The molecule has 0 unspecified atom stereocenters. The molecule has 152 valence electrons. The first-order valence-corrected chi connectivity index (χ1v) is 11.1. The standard InChI is InChI=1S/C21H23N3O4S/c1-15-2-6-18(7-3-15)29(27,28)24-12-10-23(11-13-24)21(26)17-4-8-19-16(14-17)5-9-20(25)22-19/h2-4,6-8,14H,5,9-13H2,1H3,(H,22,25). The summed E-state index contributed by atoms with van der Waals surface area (Å²) in [6.45, 7) is 3.14. The number of carbonyl (C=O) groups is 2. The van der Waals surface area contributed by atoms with Crippen molar-refractivity contribution >= 4 is 27.5 Å². The molecule has 0 saturated carbocycles. The number of carbonyl (C=O) groups excluding carboxylic acids is 2. The number of aryl methyl sites for hydroxylation is 2. The molecule has 2 aromatic rings. The van der Waals surface area contributed by atoms with Crippen LogP contribution in [0.5, 0.6) is 0 Å². The fraction of sp³-hybridized carbons (Fsp3) is 0.333. The number of fused-ring (bicyclic) bond motifs is 1. The van der Waals surface area contributed by atoms with Crippen molar-refractivity contribution in [2.75, 3.05) is 31.5 Å². The van der Waals surface area contributed by atoms with Crippen molar-refractivity contribution in [3.63, 3.8) is 0 Å². The number of piperazine rings is 1. The minimum Gasteiger partial charge on any atom is -0.336 e. The highest BCUT2D eigenvalue weighted by Crippen LogP contribution is 2.25. The quantitative estimate of drug-likeness (QED) is 0.834. The Morgan fingerprint density at radius 2 is 1.66 bits per heavy atom. The molecule has 2 aromatic carbocycles. The van der Waals surface area contributed by atoms with Gasteiger partial charge < -0.3 is 10.2 Å².